The first-order chi connectivity index (χ1) is 11.5. The van der Waals surface area contributed by atoms with E-state index in [1.54, 1.807) is 49.4 Å². The number of hydrogen-bond acceptors (Lipinski definition) is 4. The summed E-state index contributed by atoms with van der Waals surface area (Å²) in [6.45, 7) is 1.74. The second-order valence-corrected chi connectivity index (χ2v) is 5.59. The van der Waals surface area contributed by atoms with E-state index in [0.717, 1.165) is 0 Å². The monoisotopic (exact) mass is 341 g/mol. The third kappa shape index (κ3) is 3.04. The van der Waals surface area contributed by atoms with Crippen molar-refractivity contribution in [3.8, 4) is 0 Å². The molecule has 2 aromatic carbocycles. The molecule has 0 saturated carbocycles. The molecule has 0 aliphatic carbocycles. The van der Waals surface area contributed by atoms with Gasteiger partial charge in [-0.1, -0.05) is 11.6 Å². The largest absolute Gasteiger partial charge is 0.282 e. The molecule has 0 radical (unpaired) electrons. The number of benzene rings is 2. The van der Waals surface area contributed by atoms with E-state index >= 15 is 0 Å². The SMILES string of the molecule is CC1=NC(=Cc2ccc([N+](=O)[O-])cc2)C(=O)N1c1ccc(Cl)cc1. The summed E-state index contributed by atoms with van der Waals surface area (Å²) in [7, 11) is 0. The van der Waals surface area contributed by atoms with Crippen molar-refractivity contribution in [3.05, 3.63) is 74.9 Å². The van der Waals surface area contributed by atoms with Crippen molar-refractivity contribution in [1.29, 1.82) is 0 Å². The molecular formula is C17H12ClN3O3. The fourth-order valence-electron chi connectivity index (χ4n) is 2.37. The molecule has 1 aliphatic rings. The summed E-state index contributed by atoms with van der Waals surface area (Å²) in [4.78, 5) is 28.6. The second kappa shape index (κ2) is 6.25. The molecule has 120 valence electrons. The van der Waals surface area contributed by atoms with Gasteiger partial charge in [0.1, 0.15) is 11.5 Å². The van der Waals surface area contributed by atoms with Crippen LogP contribution in [0.2, 0.25) is 5.02 Å². The molecule has 3 rings (SSSR count). The summed E-state index contributed by atoms with van der Waals surface area (Å²) < 4.78 is 0. The number of amides is 1. The van der Waals surface area contributed by atoms with Crippen LogP contribution in [0.15, 0.2) is 59.2 Å². The Labute approximate surface area is 142 Å². The molecule has 0 unspecified atom stereocenters. The number of carbonyl (C=O) groups excluding carboxylic acids is 1. The highest BCUT2D eigenvalue weighted by atomic mass is 35.5. The lowest BCUT2D eigenvalue weighted by Crippen LogP contribution is -2.30. The van der Waals surface area contributed by atoms with Crippen LogP contribution in [0.25, 0.3) is 6.08 Å². The maximum atomic E-state index is 12.6. The zero-order valence-corrected chi connectivity index (χ0v) is 13.4. The fraction of sp³-hybridized carbons (Fsp3) is 0.0588. The van der Waals surface area contributed by atoms with E-state index in [0.29, 0.717) is 22.1 Å². The molecule has 6 nitrogen and oxygen atoms in total. The first kappa shape index (κ1) is 15.9. The van der Waals surface area contributed by atoms with Gasteiger partial charge in [-0.15, -0.1) is 0 Å². The van der Waals surface area contributed by atoms with Crippen LogP contribution in [0, 0.1) is 10.1 Å². The van der Waals surface area contributed by atoms with Crippen molar-refractivity contribution >= 4 is 40.8 Å². The van der Waals surface area contributed by atoms with Gasteiger partial charge in [-0.2, -0.15) is 0 Å². The van der Waals surface area contributed by atoms with Gasteiger partial charge >= 0.3 is 0 Å². The summed E-state index contributed by atoms with van der Waals surface area (Å²) >= 11 is 5.87. The van der Waals surface area contributed by atoms with Gasteiger partial charge in [0.05, 0.1) is 10.6 Å². The molecule has 0 spiro atoms. The predicted octanol–water partition coefficient (Wildman–Crippen LogP) is 4.05. The van der Waals surface area contributed by atoms with Crippen molar-refractivity contribution < 1.29 is 9.72 Å². The molecule has 1 heterocycles. The van der Waals surface area contributed by atoms with Gasteiger partial charge in [0.15, 0.2) is 0 Å². The van der Waals surface area contributed by atoms with Crippen LogP contribution >= 0.6 is 11.6 Å². The molecule has 0 fully saturated rings. The molecule has 0 atom stereocenters. The lowest BCUT2D eigenvalue weighted by atomic mass is 10.1. The van der Waals surface area contributed by atoms with Crippen LogP contribution in [0.5, 0.6) is 0 Å². The number of non-ortho nitro benzene ring substituents is 1. The Kier molecular flexibility index (Phi) is 4.14. The zero-order chi connectivity index (χ0) is 17.3. The van der Waals surface area contributed by atoms with Gasteiger partial charge in [-0.05, 0) is 55.0 Å². The van der Waals surface area contributed by atoms with Gasteiger partial charge in [-0.25, -0.2) is 4.99 Å². The van der Waals surface area contributed by atoms with Gasteiger partial charge in [0, 0.05) is 17.2 Å². The number of rotatable bonds is 3. The molecule has 7 heteroatoms. The summed E-state index contributed by atoms with van der Waals surface area (Å²) in [6.07, 6.45) is 1.60. The number of anilines is 1. The van der Waals surface area contributed by atoms with Crippen LogP contribution in [0.1, 0.15) is 12.5 Å². The smallest absolute Gasteiger partial charge is 0.266 e. The van der Waals surface area contributed by atoms with E-state index in [1.807, 2.05) is 0 Å². The summed E-state index contributed by atoms with van der Waals surface area (Å²) in [5.74, 6) is 0.295. The van der Waals surface area contributed by atoms with Crippen LogP contribution in [-0.2, 0) is 4.79 Å². The molecule has 1 aliphatic heterocycles. The standard InChI is InChI=1S/C17H12ClN3O3/c1-11-19-16(10-12-2-6-15(7-3-12)21(23)24)17(22)20(11)14-8-4-13(18)5-9-14/h2-10H,1H3. The van der Waals surface area contributed by atoms with Crippen molar-refractivity contribution in [2.75, 3.05) is 4.90 Å². The summed E-state index contributed by atoms with van der Waals surface area (Å²) in [6, 6.07) is 12.8. The third-order valence-corrected chi connectivity index (χ3v) is 3.77. The minimum Gasteiger partial charge on any atom is -0.266 e. The molecule has 0 saturated heterocycles. The van der Waals surface area contributed by atoms with Gasteiger partial charge in [-0.3, -0.25) is 19.8 Å². The average Bonchev–Trinajstić information content (AvgIpc) is 2.83. The highest BCUT2D eigenvalue weighted by molar-refractivity contribution is 6.31. The Bertz CT molecular complexity index is 871. The van der Waals surface area contributed by atoms with E-state index in [2.05, 4.69) is 4.99 Å². The second-order valence-electron chi connectivity index (χ2n) is 5.15. The number of nitro groups is 1. The fourth-order valence-corrected chi connectivity index (χ4v) is 2.50. The van der Waals surface area contributed by atoms with E-state index in [-0.39, 0.29) is 17.3 Å². The molecule has 2 aromatic rings. The number of hydrogen-bond donors (Lipinski definition) is 0. The average molecular weight is 342 g/mol. The lowest BCUT2D eigenvalue weighted by molar-refractivity contribution is -0.384. The molecular weight excluding hydrogens is 330 g/mol. The van der Waals surface area contributed by atoms with Crippen molar-refractivity contribution in [3.63, 3.8) is 0 Å². The van der Waals surface area contributed by atoms with Crippen LogP contribution in [-0.4, -0.2) is 16.7 Å². The predicted molar refractivity (Wildman–Crippen MR) is 93.1 cm³/mol. The van der Waals surface area contributed by atoms with Crippen molar-refractivity contribution in [2.24, 2.45) is 4.99 Å². The Morgan fingerprint density at radius 3 is 2.33 bits per heavy atom. The Morgan fingerprint density at radius 2 is 1.75 bits per heavy atom. The number of carbonyl (C=O) groups is 1. The highest BCUT2D eigenvalue weighted by Crippen LogP contribution is 2.26. The van der Waals surface area contributed by atoms with Crippen LogP contribution < -0.4 is 4.90 Å². The van der Waals surface area contributed by atoms with E-state index in [1.165, 1.54) is 17.0 Å². The highest BCUT2D eigenvalue weighted by Gasteiger charge is 2.28. The minimum atomic E-state index is -0.470. The van der Waals surface area contributed by atoms with Gasteiger partial charge in [0.2, 0.25) is 0 Å². The van der Waals surface area contributed by atoms with Crippen LogP contribution in [0.3, 0.4) is 0 Å². The van der Waals surface area contributed by atoms with Crippen molar-refractivity contribution in [1.82, 2.24) is 0 Å². The quantitative estimate of drug-likeness (QED) is 0.480. The molecule has 1 amide bonds. The number of nitro benzene ring substituents is 1. The zero-order valence-electron chi connectivity index (χ0n) is 12.6. The Morgan fingerprint density at radius 1 is 1.12 bits per heavy atom. The molecule has 0 bridgehead atoms. The normalized spacial score (nSPS) is 15.8. The molecule has 24 heavy (non-hydrogen) atoms. The van der Waals surface area contributed by atoms with E-state index < -0.39 is 4.92 Å². The Balaban J connectivity index is 1.89. The third-order valence-electron chi connectivity index (χ3n) is 3.52. The minimum absolute atomic E-state index is 0.00243. The van der Waals surface area contributed by atoms with Crippen LogP contribution in [0.4, 0.5) is 11.4 Å². The number of amidine groups is 1. The summed E-state index contributed by atoms with van der Waals surface area (Å²) in [5.41, 5.74) is 1.62. The lowest BCUT2D eigenvalue weighted by Gasteiger charge is -2.15. The van der Waals surface area contributed by atoms with E-state index in [9.17, 15) is 14.9 Å². The van der Waals surface area contributed by atoms with Gasteiger partial charge in [0.25, 0.3) is 11.6 Å². The number of aliphatic imine (C=N–C) groups is 1. The number of nitrogens with zero attached hydrogens (tertiary/aromatic N) is 3. The van der Waals surface area contributed by atoms with E-state index in [4.69, 9.17) is 11.6 Å². The topological polar surface area (TPSA) is 75.8 Å². The maximum absolute atomic E-state index is 12.6. The maximum Gasteiger partial charge on any atom is 0.282 e. The van der Waals surface area contributed by atoms with Gasteiger partial charge < -0.3 is 0 Å². The first-order valence-electron chi connectivity index (χ1n) is 7.07. The van der Waals surface area contributed by atoms with Crippen molar-refractivity contribution in [2.45, 2.75) is 6.92 Å². The number of halogens is 1. The summed E-state index contributed by atoms with van der Waals surface area (Å²) in [5, 5.41) is 11.3. The molecule has 0 N–H and O–H groups in total. The molecule has 0 aromatic heterocycles. The first-order valence-corrected chi connectivity index (χ1v) is 7.45. The Hall–Kier alpha value is -2.99.